The maximum Gasteiger partial charge on any atom is 0.273 e. The van der Waals surface area contributed by atoms with Crippen LogP contribution in [0.5, 0.6) is 0 Å². The van der Waals surface area contributed by atoms with Crippen LogP contribution in [0.15, 0.2) is 30.5 Å². The fraction of sp³-hybridized carbons (Fsp3) is 0.154. The molecule has 1 aromatic heterocycles. The summed E-state index contributed by atoms with van der Waals surface area (Å²) in [5.41, 5.74) is 7.47. The lowest BCUT2D eigenvalue weighted by atomic mass is 10.2. The molecule has 6 nitrogen and oxygen atoms in total. The van der Waals surface area contributed by atoms with Gasteiger partial charge in [0.25, 0.3) is 5.91 Å². The van der Waals surface area contributed by atoms with E-state index in [4.69, 9.17) is 11.0 Å². The predicted octanol–water partition coefficient (Wildman–Crippen LogP) is 1.03. The molecule has 96 valence electrons. The molecule has 19 heavy (non-hydrogen) atoms. The van der Waals surface area contributed by atoms with Crippen molar-refractivity contribution in [1.82, 2.24) is 14.7 Å². The van der Waals surface area contributed by atoms with Crippen LogP contribution in [-0.4, -0.2) is 34.7 Å². The lowest BCUT2D eigenvalue weighted by Gasteiger charge is -2.07. The number of nitrogens with two attached hydrogens (primary N) is 1. The highest BCUT2D eigenvalue weighted by atomic mass is 16.2. The van der Waals surface area contributed by atoms with Crippen molar-refractivity contribution in [2.24, 2.45) is 0 Å². The van der Waals surface area contributed by atoms with Gasteiger partial charge >= 0.3 is 0 Å². The summed E-state index contributed by atoms with van der Waals surface area (Å²) in [6.07, 6.45) is 1.64. The van der Waals surface area contributed by atoms with Gasteiger partial charge in [0.05, 0.1) is 11.3 Å². The minimum absolute atomic E-state index is 0.187. The summed E-state index contributed by atoms with van der Waals surface area (Å²) >= 11 is 0. The number of carbonyl (C=O) groups excluding carboxylic acids is 1. The molecule has 0 bridgehead atoms. The number of nitrogen functional groups attached to an aromatic ring is 1. The molecule has 0 atom stereocenters. The quantitative estimate of drug-likeness (QED) is 0.812. The molecule has 0 aliphatic rings. The first kappa shape index (κ1) is 12.6. The Morgan fingerprint density at radius 1 is 1.42 bits per heavy atom. The van der Waals surface area contributed by atoms with E-state index < -0.39 is 0 Å². The Balaban J connectivity index is 2.44. The van der Waals surface area contributed by atoms with Gasteiger partial charge in [0.2, 0.25) is 0 Å². The van der Waals surface area contributed by atoms with Crippen molar-refractivity contribution in [3.05, 3.63) is 41.7 Å². The second-order valence-corrected chi connectivity index (χ2v) is 4.23. The average Bonchev–Trinajstić information content (AvgIpc) is 2.86. The second-order valence-electron chi connectivity index (χ2n) is 4.23. The van der Waals surface area contributed by atoms with Gasteiger partial charge in [-0.1, -0.05) is 0 Å². The van der Waals surface area contributed by atoms with E-state index in [2.05, 4.69) is 11.2 Å². The Morgan fingerprint density at radius 2 is 2.16 bits per heavy atom. The normalized spacial score (nSPS) is 9.95. The predicted molar refractivity (Wildman–Crippen MR) is 70.7 cm³/mol. The Bertz CT molecular complexity index is 666. The van der Waals surface area contributed by atoms with Crippen LogP contribution in [-0.2, 0) is 0 Å². The van der Waals surface area contributed by atoms with E-state index in [1.807, 2.05) is 0 Å². The summed E-state index contributed by atoms with van der Waals surface area (Å²) in [5, 5.41) is 13.3. The van der Waals surface area contributed by atoms with Crippen molar-refractivity contribution >= 4 is 11.6 Å². The minimum atomic E-state index is -0.187. The van der Waals surface area contributed by atoms with Gasteiger partial charge in [0.15, 0.2) is 5.69 Å². The van der Waals surface area contributed by atoms with E-state index in [9.17, 15) is 4.79 Å². The average molecular weight is 255 g/mol. The van der Waals surface area contributed by atoms with Crippen molar-refractivity contribution in [3.63, 3.8) is 0 Å². The van der Waals surface area contributed by atoms with Crippen molar-refractivity contribution in [1.29, 1.82) is 5.26 Å². The molecular formula is C13H13N5O. The molecule has 1 aromatic carbocycles. The van der Waals surface area contributed by atoms with Gasteiger partial charge in [-0.05, 0) is 24.3 Å². The van der Waals surface area contributed by atoms with Crippen molar-refractivity contribution in [2.45, 2.75) is 0 Å². The van der Waals surface area contributed by atoms with Crippen LogP contribution in [0.4, 0.5) is 5.69 Å². The topological polar surface area (TPSA) is 87.9 Å². The van der Waals surface area contributed by atoms with Crippen LogP contribution in [0.1, 0.15) is 16.1 Å². The van der Waals surface area contributed by atoms with E-state index in [1.165, 1.54) is 9.58 Å². The molecule has 6 heteroatoms. The SMILES string of the molecule is CN(C)C(=O)c1ccn(-c2ccc(N)cc2C#N)n1. The van der Waals surface area contributed by atoms with Gasteiger partial charge in [-0.2, -0.15) is 10.4 Å². The zero-order chi connectivity index (χ0) is 14.0. The largest absolute Gasteiger partial charge is 0.399 e. The molecule has 0 unspecified atom stereocenters. The van der Waals surface area contributed by atoms with Crippen LogP contribution in [0.3, 0.4) is 0 Å². The zero-order valence-electron chi connectivity index (χ0n) is 10.7. The summed E-state index contributed by atoms with van der Waals surface area (Å²) < 4.78 is 1.49. The first-order valence-corrected chi connectivity index (χ1v) is 5.60. The molecule has 2 rings (SSSR count). The van der Waals surface area contributed by atoms with Crippen molar-refractivity contribution in [3.8, 4) is 11.8 Å². The number of nitriles is 1. The first-order valence-electron chi connectivity index (χ1n) is 5.60. The molecule has 0 aliphatic carbocycles. The third-order valence-corrected chi connectivity index (χ3v) is 2.60. The third kappa shape index (κ3) is 2.40. The molecule has 2 aromatic rings. The maximum absolute atomic E-state index is 11.8. The Hall–Kier alpha value is -2.81. The van der Waals surface area contributed by atoms with Gasteiger partial charge in [0, 0.05) is 26.0 Å². The van der Waals surface area contributed by atoms with Crippen LogP contribution >= 0.6 is 0 Å². The van der Waals surface area contributed by atoms with E-state index in [0.717, 1.165) is 0 Å². The Labute approximate surface area is 110 Å². The van der Waals surface area contributed by atoms with Crippen molar-refractivity contribution < 1.29 is 4.79 Å². The molecule has 0 fully saturated rings. The number of nitrogens with zero attached hydrogens (tertiary/aromatic N) is 4. The van der Waals surface area contributed by atoms with Crippen LogP contribution in [0.25, 0.3) is 5.69 Å². The summed E-state index contributed by atoms with van der Waals surface area (Å²) in [7, 11) is 3.32. The standard InChI is InChI=1S/C13H13N5O/c1-17(2)13(19)11-5-6-18(16-11)12-4-3-10(15)7-9(12)8-14/h3-7H,15H2,1-2H3. The molecular weight excluding hydrogens is 242 g/mol. The monoisotopic (exact) mass is 255 g/mol. The van der Waals surface area contributed by atoms with E-state index in [1.54, 1.807) is 44.6 Å². The van der Waals surface area contributed by atoms with Crippen LogP contribution in [0, 0.1) is 11.3 Å². The minimum Gasteiger partial charge on any atom is -0.399 e. The summed E-state index contributed by atoms with van der Waals surface area (Å²) in [6, 6.07) is 8.63. The Kier molecular flexibility index (Phi) is 3.21. The van der Waals surface area contributed by atoms with Crippen LogP contribution < -0.4 is 5.73 Å². The molecule has 0 saturated heterocycles. The Morgan fingerprint density at radius 3 is 2.79 bits per heavy atom. The number of hydrogen-bond acceptors (Lipinski definition) is 4. The molecule has 0 saturated carbocycles. The second kappa shape index (κ2) is 4.82. The molecule has 0 spiro atoms. The van der Waals surface area contributed by atoms with E-state index in [-0.39, 0.29) is 5.91 Å². The molecule has 1 amide bonds. The molecule has 1 heterocycles. The maximum atomic E-state index is 11.8. The number of amides is 1. The van der Waals surface area contributed by atoms with Gasteiger partial charge < -0.3 is 10.6 Å². The number of anilines is 1. The highest BCUT2D eigenvalue weighted by Gasteiger charge is 2.13. The van der Waals surface area contributed by atoms with Gasteiger partial charge in [0.1, 0.15) is 6.07 Å². The van der Waals surface area contributed by atoms with Gasteiger partial charge in [-0.15, -0.1) is 0 Å². The van der Waals surface area contributed by atoms with E-state index in [0.29, 0.717) is 22.6 Å². The molecule has 0 aliphatic heterocycles. The van der Waals surface area contributed by atoms with Crippen molar-refractivity contribution in [2.75, 3.05) is 19.8 Å². The third-order valence-electron chi connectivity index (χ3n) is 2.60. The number of aromatic nitrogens is 2. The smallest absolute Gasteiger partial charge is 0.273 e. The number of benzene rings is 1. The van der Waals surface area contributed by atoms with Gasteiger partial charge in [-0.25, -0.2) is 4.68 Å². The summed E-state index contributed by atoms with van der Waals surface area (Å²) in [4.78, 5) is 13.2. The lowest BCUT2D eigenvalue weighted by molar-refractivity contribution is 0.0821. The zero-order valence-corrected chi connectivity index (χ0v) is 10.7. The fourth-order valence-electron chi connectivity index (χ4n) is 1.64. The summed E-state index contributed by atoms with van der Waals surface area (Å²) in [6.45, 7) is 0. The number of hydrogen-bond donors (Lipinski definition) is 1. The molecule has 2 N–H and O–H groups in total. The number of carbonyl (C=O) groups is 1. The highest BCUT2D eigenvalue weighted by molar-refractivity contribution is 5.91. The molecule has 0 radical (unpaired) electrons. The number of rotatable bonds is 2. The highest BCUT2D eigenvalue weighted by Crippen LogP contribution is 2.17. The van der Waals surface area contributed by atoms with Crippen LogP contribution in [0.2, 0.25) is 0 Å². The van der Waals surface area contributed by atoms with E-state index >= 15 is 0 Å². The fourth-order valence-corrected chi connectivity index (χ4v) is 1.64. The first-order chi connectivity index (χ1) is 9.02. The van der Waals surface area contributed by atoms with Gasteiger partial charge in [-0.3, -0.25) is 4.79 Å². The lowest BCUT2D eigenvalue weighted by Crippen LogP contribution is -2.22. The summed E-state index contributed by atoms with van der Waals surface area (Å²) in [5.74, 6) is -0.187.